The number of halogens is 1. The van der Waals surface area contributed by atoms with Gasteiger partial charge in [0.2, 0.25) is 0 Å². The third-order valence-corrected chi connectivity index (χ3v) is 3.70. The van der Waals surface area contributed by atoms with Gasteiger partial charge in [0.15, 0.2) is 0 Å². The Bertz CT molecular complexity index is 501. The first kappa shape index (κ1) is 15.2. The van der Waals surface area contributed by atoms with Crippen molar-refractivity contribution in [1.82, 2.24) is 10.3 Å². The first-order chi connectivity index (χ1) is 8.20. The minimum absolute atomic E-state index is 0.168. The van der Waals surface area contributed by atoms with Crippen molar-refractivity contribution in [3.8, 4) is 0 Å². The van der Waals surface area contributed by atoms with Gasteiger partial charge in [0.25, 0.3) is 11.5 Å². The van der Waals surface area contributed by atoms with Crippen molar-refractivity contribution in [3.05, 3.63) is 31.2 Å². The van der Waals surface area contributed by atoms with Crippen LogP contribution in [0.5, 0.6) is 0 Å². The van der Waals surface area contributed by atoms with Crippen LogP contribution in [0.25, 0.3) is 0 Å². The molecule has 4 nitrogen and oxygen atoms in total. The van der Waals surface area contributed by atoms with E-state index in [1.165, 1.54) is 0 Å². The molecule has 1 amide bonds. The van der Waals surface area contributed by atoms with Gasteiger partial charge in [-0.05, 0) is 47.4 Å². The van der Waals surface area contributed by atoms with Crippen LogP contribution >= 0.6 is 22.6 Å². The van der Waals surface area contributed by atoms with E-state index in [4.69, 9.17) is 0 Å². The number of pyridine rings is 1. The molecular formula is C13H19IN2O2. The Balaban J connectivity index is 2.74. The highest BCUT2D eigenvalue weighted by Gasteiger charge is 2.14. The molecule has 0 aromatic carbocycles. The van der Waals surface area contributed by atoms with Crippen molar-refractivity contribution in [2.45, 2.75) is 34.1 Å². The second-order valence-electron chi connectivity index (χ2n) is 5.55. The van der Waals surface area contributed by atoms with E-state index in [1.807, 2.05) is 6.92 Å². The maximum absolute atomic E-state index is 11.9. The van der Waals surface area contributed by atoms with Gasteiger partial charge in [-0.2, -0.15) is 0 Å². The Kier molecular flexibility index (Phi) is 4.95. The van der Waals surface area contributed by atoms with E-state index in [0.717, 1.165) is 15.7 Å². The van der Waals surface area contributed by atoms with Crippen LogP contribution in [-0.4, -0.2) is 17.4 Å². The molecule has 1 aromatic heterocycles. The fraction of sp³-hybridized carbons (Fsp3) is 0.538. The fourth-order valence-electron chi connectivity index (χ4n) is 1.41. The molecule has 0 fully saturated rings. The minimum atomic E-state index is -0.332. The predicted molar refractivity (Wildman–Crippen MR) is 80.9 cm³/mol. The number of aromatic nitrogens is 1. The highest BCUT2D eigenvalue weighted by atomic mass is 127. The molecule has 0 saturated carbocycles. The Morgan fingerprint density at radius 2 is 2.06 bits per heavy atom. The molecule has 18 heavy (non-hydrogen) atoms. The molecule has 0 aliphatic rings. The summed E-state index contributed by atoms with van der Waals surface area (Å²) < 4.78 is 0.883. The molecule has 0 unspecified atom stereocenters. The van der Waals surface area contributed by atoms with Crippen LogP contribution in [0.3, 0.4) is 0 Å². The summed E-state index contributed by atoms with van der Waals surface area (Å²) in [6.45, 7) is 8.72. The zero-order valence-corrected chi connectivity index (χ0v) is 13.3. The Labute approximate surface area is 121 Å². The minimum Gasteiger partial charge on any atom is -0.352 e. The van der Waals surface area contributed by atoms with E-state index < -0.39 is 0 Å². The van der Waals surface area contributed by atoms with Crippen LogP contribution in [0.2, 0.25) is 0 Å². The fourth-order valence-corrected chi connectivity index (χ4v) is 1.86. The molecule has 5 heteroatoms. The molecule has 0 aliphatic heterocycles. The van der Waals surface area contributed by atoms with Crippen molar-refractivity contribution >= 4 is 28.5 Å². The number of carbonyl (C=O) groups excluding carboxylic acids is 1. The lowest BCUT2D eigenvalue weighted by molar-refractivity contribution is 0.0948. The van der Waals surface area contributed by atoms with E-state index in [2.05, 4.69) is 53.7 Å². The smallest absolute Gasteiger partial charge is 0.261 e. The molecule has 0 bridgehead atoms. The number of aromatic amines is 1. The lowest BCUT2D eigenvalue weighted by atomic mass is 9.92. The molecule has 0 radical (unpaired) electrons. The van der Waals surface area contributed by atoms with Crippen LogP contribution < -0.4 is 10.9 Å². The van der Waals surface area contributed by atoms with Gasteiger partial charge in [0.1, 0.15) is 5.56 Å². The number of H-pyrrole nitrogens is 1. The van der Waals surface area contributed by atoms with Crippen LogP contribution in [0.15, 0.2) is 10.9 Å². The zero-order chi connectivity index (χ0) is 13.9. The summed E-state index contributed by atoms with van der Waals surface area (Å²) in [5, 5.41) is 2.78. The number of amides is 1. The van der Waals surface area contributed by atoms with Gasteiger partial charge < -0.3 is 10.3 Å². The normalized spacial score (nSPS) is 11.4. The second-order valence-corrected chi connectivity index (χ2v) is 6.71. The van der Waals surface area contributed by atoms with E-state index in [9.17, 15) is 9.59 Å². The van der Waals surface area contributed by atoms with Crippen LogP contribution in [0.4, 0.5) is 0 Å². The Hall–Kier alpha value is -0.850. The Morgan fingerprint density at radius 1 is 1.44 bits per heavy atom. The van der Waals surface area contributed by atoms with E-state index in [0.29, 0.717) is 6.54 Å². The molecule has 0 atom stereocenters. The summed E-state index contributed by atoms with van der Waals surface area (Å²) in [4.78, 5) is 26.2. The van der Waals surface area contributed by atoms with Gasteiger partial charge in [0.05, 0.1) is 0 Å². The van der Waals surface area contributed by atoms with Crippen molar-refractivity contribution < 1.29 is 4.79 Å². The number of rotatable bonds is 3. The van der Waals surface area contributed by atoms with Gasteiger partial charge in [-0.25, -0.2) is 0 Å². The predicted octanol–water partition coefficient (Wildman–Crippen LogP) is 2.45. The number of carbonyl (C=O) groups is 1. The quantitative estimate of drug-likeness (QED) is 0.812. The molecule has 0 saturated heterocycles. The molecule has 2 N–H and O–H groups in total. The summed E-state index contributed by atoms with van der Waals surface area (Å²) in [5.74, 6) is -0.307. The molecule has 100 valence electrons. The highest BCUT2D eigenvalue weighted by molar-refractivity contribution is 14.1. The van der Waals surface area contributed by atoms with Gasteiger partial charge in [0, 0.05) is 15.8 Å². The molecule has 1 heterocycles. The lowest BCUT2D eigenvalue weighted by Crippen LogP contribution is -2.32. The molecule has 0 spiro atoms. The summed E-state index contributed by atoms with van der Waals surface area (Å²) in [6.07, 6.45) is 0.875. The summed E-state index contributed by atoms with van der Waals surface area (Å²) in [5.41, 5.74) is 0.799. The van der Waals surface area contributed by atoms with Crippen LogP contribution in [-0.2, 0) is 0 Å². The largest absolute Gasteiger partial charge is 0.352 e. The van der Waals surface area contributed by atoms with Crippen LogP contribution in [0.1, 0.15) is 43.2 Å². The zero-order valence-electron chi connectivity index (χ0n) is 11.2. The van der Waals surface area contributed by atoms with Gasteiger partial charge in [-0.15, -0.1) is 0 Å². The summed E-state index contributed by atoms with van der Waals surface area (Å²) in [7, 11) is 0. The average Bonchev–Trinajstić information content (AvgIpc) is 2.21. The average molecular weight is 362 g/mol. The van der Waals surface area contributed by atoms with Crippen molar-refractivity contribution in [1.29, 1.82) is 0 Å². The summed E-state index contributed by atoms with van der Waals surface area (Å²) >= 11 is 2.10. The molecule has 0 aliphatic carbocycles. The van der Waals surface area contributed by atoms with Gasteiger partial charge >= 0.3 is 0 Å². The van der Waals surface area contributed by atoms with Gasteiger partial charge in [-0.1, -0.05) is 20.8 Å². The maximum Gasteiger partial charge on any atom is 0.261 e. The van der Waals surface area contributed by atoms with Crippen molar-refractivity contribution in [3.63, 3.8) is 0 Å². The SMILES string of the molecule is Cc1[nH]c(=O)c(C(=O)NCCC(C)(C)C)cc1I. The third-order valence-electron chi connectivity index (χ3n) is 2.58. The molecule has 1 aromatic rings. The molecular weight excluding hydrogens is 343 g/mol. The number of aryl methyl sites for hydroxylation is 1. The maximum atomic E-state index is 11.9. The first-order valence-corrected chi connectivity index (χ1v) is 6.96. The standard InChI is InChI=1S/C13H19IN2O2/c1-8-10(14)7-9(12(18)16-8)11(17)15-6-5-13(2,3)4/h7H,5-6H2,1-4H3,(H,15,17)(H,16,18). The topological polar surface area (TPSA) is 62.0 Å². The Morgan fingerprint density at radius 3 is 2.61 bits per heavy atom. The first-order valence-electron chi connectivity index (χ1n) is 5.88. The van der Waals surface area contributed by atoms with E-state index >= 15 is 0 Å². The van der Waals surface area contributed by atoms with Gasteiger partial charge in [-0.3, -0.25) is 9.59 Å². The highest BCUT2D eigenvalue weighted by Crippen LogP contribution is 2.17. The van der Waals surface area contributed by atoms with E-state index in [1.54, 1.807) is 6.07 Å². The lowest BCUT2D eigenvalue weighted by Gasteiger charge is -2.17. The van der Waals surface area contributed by atoms with E-state index in [-0.39, 0.29) is 22.4 Å². The number of hydrogen-bond donors (Lipinski definition) is 2. The number of hydrogen-bond acceptors (Lipinski definition) is 2. The second kappa shape index (κ2) is 5.86. The van der Waals surface area contributed by atoms with Crippen LogP contribution in [0, 0.1) is 15.9 Å². The van der Waals surface area contributed by atoms with Crippen molar-refractivity contribution in [2.75, 3.05) is 6.54 Å². The van der Waals surface area contributed by atoms with Crippen molar-refractivity contribution in [2.24, 2.45) is 5.41 Å². The third kappa shape index (κ3) is 4.44. The summed E-state index contributed by atoms with van der Waals surface area (Å²) in [6, 6.07) is 1.63. The monoisotopic (exact) mass is 362 g/mol. The molecule has 1 rings (SSSR count). The number of nitrogens with one attached hydrogen (secondary N) is 2.